The first kappa shape index (κ1) is 85.1. The number of carbonyl (C=O) groups excluding carboxylic acids is 2. The van der Waals surface area contributed by atoms with Gasteiger partial charge in [0.05, 0.1) is 46.8 Å². The number of hydrogen-bond acceptors (Lipinski definition) is 26. The Morgan fingerprint density at radius 1 is 0.533 bits per heavy atom. The molecule has 39 heteroatoms. The first-order valence-electron chi connectivity index (χ1n) is 32.5. The molecule has 0 bridgehead atoms. The van der Waals surface area contributed by atoms with E-state index in [9.17, 15) is 62.2 Å². The van der Waals surface area contributed by atoms with Crippen LogP contribution in [0.4, 0.5) is 0 Å². The molecular formula is C66H87ClN10O26P2. The van der Waals surface area contributed by atoms with Crippen molar-refractivity contribution in [3.8, 4) is 11.5 Å². The van der Waals surface area contributed by atoms with Gasteiger partial charge < -0.3 is 62.6 Å². The maximum atomic E-state index is 13.4. The number of aryl methyl sites for hydroxylation is 6. The van der Waals surface area contributed by atoms with Gasteiger partial charge in [-0.2, -0.15) is 5.09 Å². The zero-order valence-corrected chi connectivity index (χ0v) is 61.5. The predicted molar refractivity (Wildman–Crippen MR) is 379 cm³/mol. The van der Waals surface area contributed by atoms with Gasteiger partial charge in [0.15, 0.2) is 18.7 Å². The van der Waals surface area contributed by atoms with Gasteiger partial charge in [-0.25, -0.2) is 33.4 Å². The summed E-state index contributed by atoms with van der Waals surface area (Å²) < 4.78 is 82.5. The molecule has 5 aliphatic heterocycles. The molecule has 0 saturated carbocycles. The van der Waals surface area contributed by atoms with Crippen LogP contribution in [0, 0.1) is 41.5 Å². The number of aliphatic hydroxyl groups excluding tert-OH is 4. The van der Waals surface area contributed by atoms with E-state index in [1.165, 1.54) is 84.0 Å². The molecular weight excluding hydrogens is 1450 g/mol. The number of halogens is 1. The summed E-state index contributed by atoms with van der Waals surface area (Å²) >= 11 is 5.72. The molecule has 10 N–H and O–H groups in total. The summed E-state index contributed by atoms with van der Waals surface area (Å²) in [6, 6.07) is 11.9. The number of nitrogens with one attached hydrogen (secondary N) is 6. The Bertz CT molecular complexity index is 4500. The Morgan fingerprint density at radius 3 is 1.25 bits per heavy atom. The molecule has 36 nitrogen and oxygen atoms in total. The summed E-state index contributed by atoms with van der Waals surface area (Å²) in [7, 11) is -1.58. The second-order valence-corrected chi connectivity index (χ2v) is 28.3. The zero-order chi connectivity index (χ0) is 77.5. The first-order chi connectivity index (χ1) is 49.7. The van der Waals surface area contributed by atoms with Crippen molar-refractivity contribution in [1.82, 2.24) is 48.4 Å². The van der Waals surface area contributed by atoms with E-state index >= 15 is 0 Å². The highest BCUT2D eigenvalue weighted by atomic mass is 35.7. The van der Waals surface area contributed by atoms with Crippen molar-refractivity contribution in [2.75, 3.05) is 53.9 Å². The number of H-pyrrole nitrogens is 4. The molecule has 0 spiro atoms. The number of methoxy groups -OCH3 is 2. The Hall–Kier alpha value is -8.81. The molecule has 0 radical (unpaired) electrons. The van der Waals surface area contributed by atoms with Gasteiger partial charge in [0.2, 0.25) is 0 Å². The number of carbonyl (C=O) groups is 2. The summed E-state index contributed by atoms with van der Waals surface area (Å²) in [6.07, 6.45) is 12.8. The van der Waals surface area contributed by atoms with E-state index in [4.69, 9.17) is 63.8 Å². The molecule has 4 aromatic heterocycles. The number of aliphatic hydroxyl groups is 4. The fourth-order valence-electron chi connectivity index (χ4n) is 9.62. The number of ether oxygens (including phenoxy) is 7. The third-order valence-corrected chi connectivity index (χ3v) is 18.7. The molecule has 5 aliphatic rings. The van der Waals surface area contributed by atoms with Crippen molar-refractivity contribution in [3.63, 3.8) is 0 Å². The fraction of sp³-hybridized carbons (Fsp3) is 0.455. The van der Waals surface area contributed by atoms with Crippen LogP contribution >= 0.6 is 25.9 Å². The van der Waals surface area contributed by atoms with Crippen LogP contribution in [0.5, 0.6) is 11.5 Å². The van der Waals surface area contributed by atoms with Gasteiger partial charge in [0, 0.05) is 77.9 Å². The fourth-order valence-corrected chi connectivity index (χ4v) is 12.8. The first-order valence-corrected chi connectivity index (χ1v) is 36.6. The van der Waals surface area contributed by atoms with Crippen LogP contribution in [0.2, 0.25) is 0 Å². The SMILES string of the molecule is C1CCOC1.COC(=O)C(C)NP(=O)(Cl)Oc1ccc(C)cc1.COC(=O)C(C)NP(=O)(OC[C@@H]1C=C[C@H](n2cc(C)c(=O)[nH]c2=O)O1)Oc1ccc(C)cc1.Cc1cn([C@H]2C=C[C@@H](CO)O2)c(=O)[nH]c1=O.Cc1cn([C@H]2C=C[C@@H](CO)O2)c(=O)[nH]c1=O.Cc1cn([C@H]2CC(O)C(CO)O2)c(=O)[nH]c1=O. The molecule has 11 rings (SSSR count). The normalized spacial score (nSPS) is 22.1. The third-order valence-electron chi connectivity index (χ3n) is 15.4. The second kappa shape index (κ2) is 40.1. The predicted octanol–water partition coefficient (Wildman–Crippen LogP) is 2.70. The van der Waals surface area contributed by atoms with Gasteiger partial charge >= 0.3 is 49.3 Å². The second-order valence-electron chi connectivity index (χ2n) is 23.9. The lowest BCUT2D eigenvalue weighted by atomic mass is 10.2. The van der Waals surface area contributed by atoms with Crippen LogP contribution < -0.4 is 64.2 Å². The van der Waals surface area contributed by atoms with Gasteiger partial charge in [-0.05, 0) is 111 Å². The quantitative estimate of drug-likeness (QED) is 0.0298. The Balaban J connectivity index is 0.000000209. The monoisotopic (exact) mass is 1530 g/mol. The lowest BCUT2D eigenvalue weighted by molar-refractivity contribution is -0.143. The van der Waals surface area contributed by atoms with Gasteiger partial charge in [-0.1, -0.05) is 53.6 Å². The minimum atomic E-state index is -4.03. The van der Waals surface area contributed by atoms with Crippen LogP contribution in [-0.2, 0) is 56.4 Å². The molecule has 574 valence electrons. The molecule has 105 heavy (non-hydrogen) atoms. The molecule has 6 aromatic rings. The average molecular weight is 1530 g/mol. The molecule has 6 unspecified atom stereocenters. The molecule has 2 fully saturated rings. The Kier molecular flexibility index (Phi) is 32.5. The average Bonchev–Trinajstić information content (AvgIpc) is 1.72. The summed E-state index contributed by atoms with van der Waals surface area (Å²) in [4.78, 5) is 123. The van der Waals surface area contributed by atoms with Crippen molar-refractivity contribution >= 4 is 37.8 Å². The van der Waals surface area contributed by atoms with E-state index in [2.05, 4.69) is 39.6 Å². The molecule has 9 heterocycles. The van der Waals surface area contributed by atoms with E-state index in [0.29, 0.717) is 28.0 Å². The van der Waals surface area contributed by atoms with Crippen LogP contribution in [0.15, 0.2) is 148 Å². The van der Waals surface area contributed by atoms with E-state index in [0.717, 1.165) is 24.3 Å². The van der Waals surface area contributed by atoms with E-state index in [-0.39, 0.29) is 38.6 Å². The van der Waals surface area contributed by atoms with Crippen LogP contribution in [0.1, 0.15) is 91.4 Å². The highest BCUT2D eigenvalue weighted by Gasteiger charge is 2.37. The Labute approximate surface area is 603 Å². The highest BCUT2D eigenvalue weighted by Crippen LogP contribution is 2.49. The van der Waals surface area contributed by atoms with Crippen molar-refractivity contribution in [2.45, 2.75) is 142 Å². The lowest BCUT2D eigenvalue weighted by Gasteiger charge is -2.24. The van der Waals surface area contributed by atoms with Crippen LogP contribution in [-0.4, -0.2) is 167 Å². The highest BCUT2D eigenvalue weighted by molar-refractivity contribution is 7.84. The summed E-state index contributed by atoms with van der Waals surface area (Å²) in [5.41, 5.74) is -0.343. The maximum Gasteiger partial charge on any atom is 0.459 e. The number of hydrogen-bond donors (Lipinski definition) is 10. The summed E-state index contributed by atoms with van der Waals surface area (Å²) in [5, 5.41) is 41.2. The van der Waals surface area contributed by atoms with Crippen LogP contribution in [0.25, 0.3) is 0 Å². The number of nitrogens with zero attached hydrogens (tertiary/aromatic N) is 4. The maximum absolute atomic E-state index is 13.4. The van der Waals surface area contributed by atoms with Crippen molar-refractivity contribution in [2.24, 2.45) is 0 Å². The smallest absolute Gasteiger partial charge is 0.459 e. The minimum Gasteiger partial charge on any atom is -0.468 e. The standard InChI is InChI=1S/C21H26N3O8P.C11H15ClNO4P.C10H14N2O5.2C10H12N2O4.C4H8O/c1-13-5-7-16(8-6-13)32-33(28,23-15(3)20(26)29-4)30-12-17-9-10-18(31-17)24-11-14(2)19(25)22-21(24)27;1-8-4-6-10(7-5-8)17-18(12,15)13-9(2)11(14)16-3;1-5-3-12(10(16)11-9(5)15)8-2-6(14)7(4-13)17-8;2*1-6-4-12(10(15)11-9(6)14)8-3-2-7(5-13)16-8;1-2-4-5-3-1/h5-11,15,17-18H,12H2,1-4H3,(H,23,28)(H,22,25,27);4-7,9H,1-3H3,(H,13,15);3,6-8,13-14H,2,4H2,1H3,(H,11,15,16);2*2-4,7-8,13H,5H2,1H3,(H,11,14,15);1-4H2/t15?,17-,18+,33?;;6?,7?,8-;2*7-,8+;/m0.100./s1. The summed E-state index contributed by atoms with van der Waals surface area (Å²) in [6.45, 7) is 10.7. The largest absolute Gasteiger partial charge is 0.468 e. The lowest BCUT2D eigenvalue weighted by Crippen LogP contribution is -2.35. The van der Waals surface area contributed by atoms with E-state index in [1.807, 2.05) is 13.8 Å². The van der Waals surface area contributed by atoms with Crippen molar-refractivity contribution in [1.29, 1.82) is 0 Å². The minimum absolute atomic E-state index is 0.135. The molecule has 13 atom stereocenters. The molecule has 2 aromatic carbocycles. The third kappa shape index (κ3) is 25.7. The number of aromatic amines is 4. The zero-order valence-electron chi connectivity index (χ0n) is 58.9. The van der Waals surface area contributed by atoms with Crippen molar-refractivity contribution < 1.29 is 85.9 Å². The topological polar surface area (TPSA) is 485 Å². The molecule has 0 aliphatic carbocycles. The number of esters is 2. The Morgan fingerprint density at radius 2 is 0.895 bits per heavy atom. The van der Waals surface area contributed by atoms with Gasteiger partial charge in [0.1, 0.15) is 54.2 Å². The number of aromatic nitrogens is 8. The van der Waals surface area contributed by atoms with E-state index in [1.54, 1.807) is 113 Å². The number of benzene rings is 2. The van der Waals surface area contributed by atoms with Gasteiger partial charge in [-0.3, -0.25) is 71.5 Å². The number of rotatable bonds is 20. The molecule has 2 saturated heterocycles. The van der Waals surface area contributed by atoms with Crippen LogP contribution in [0.3, 0.4) is 0 Å². The van der Waals surface area contributed by atoms with E-state index < -0.39 is 139 Å². The van der Waals surface area contributed by atoms with Crippen molar-refractivity contribution in [3.05, 3.63) is 227 Å². The molecule has 0 amide bonds. The summed E-state index contributed by atoms with van der Waals surface area (Å²) in [5.74, 6) is -0.562. The van der Waals surface area contributed by atoms with Gasteiger partial charge in [0.25, 0.3) is 22.2 Å². The van der Waals surface area contributed by atoms with Gasteiger partial charge in [-0.15, -0.1) is 0 Å².